The van der Waals surface area contributed by atoms with Gasteiger partial charge >= 0.3 is 0 Å². The molecule has 2 aromatic rings. The maximum absolute atomic E-state index is 11.3. The van der Waals surface area contributed by atoms with Crippen LogP contribution in [-0.2, 0) is 16.4 Å². The van der Waals surface area contributed by atoms with E-state index >= 15 is 0 Å². The number of aromatic nitrogens is 1. The summed E-state index contributed by atoms with van der Waals surface area (Å²) < 4.78 is 27.9. The fourth-order valence-electron chi connectivity index (χ4n) is 2.47. The minimum Gasteiger partial charge on any atom is -0.443 e. The van der Waals surface area contributed by atoms with Crippen LogP contribution in [0.1, 0.15) is 32.4 Å². The highest BCUT2D eigenvalue weighted by Crippen LogP contribution is 2.22. The third kappa shape index (κ3) is 4.28. The van der Waals surface area contributed by atoms with E-state index in [0.717, 1.165) is 44.6 Å². The Hall–Kier alpha value is -1.44. The van der Waals surface area contributed by atoms with Gasteiger partial charge in [0.1, 0.15) is 5.58 Å². The molecule has 2 N–H and O–H groups in total. The van der Waals surface area contributed by atoms with Crippen LogP contribution in [0.3, 0.4) is 0 Å². The van der Waals surface area contributed by atoms with Crippen molar-refractivity contribution in [3.05, 3.63) is 24.0 Å². The van der Waals surface area contributed by atoms with E-state index in [4.69, 9.17) is 9.56 Å². The van der Waals surface area contributed by atoms with Gasteiger partial charge < -0.3 is 9.32 Å². The van der Waals surface area contributed by atoms with E-state index in [-0.39, 0.29) is 5.09 Å². The number of nitrogens with zero attached hydrogens (tertiary/aromatic N) is 2. The first-order valence-electron chi connectivity index (χ1n) is 7.57. The number of rotatable bonds is 8. The standard InChI is InChI=1S/C15H23N3O3S/c1-3-6-18(7-4-2)8-5-13-10-14-12(11-17-13)9-15(21-14)22(16,19)20/h9-11H,3-8H2,1-2H3,(H2,16,19,20). The molecule has 0 bridgehead atoms. The van der Waals surface area contributed by atoms with Crippen LogP contribution in [-0.4, -0.2) is 37.9 Å². The monoisotopic (exact) mass is 325 g/mol. The summed E-state index contributed by atoms with van der Waals surface area (Å²) >= 11 is 0. The summed E-state index contributed by atoms with van der Waals surface area (Å²) in [6.45, 7) is 7.43. The van der Waals surface area contributed by atoms with Crippen LogP contribution in [0, 0.1) is 0 Å². The second-order valence-corrected chi connectivity index (χ2v) is 6.91. The molecule has 6 nitrogen and oxygen atoms in total. The van der Waals surface area contributed by atoms with E-state index in [1.807, 2.05) is 0 Å². The zero-order valence-electron chi connectivity index (χ0n) is 13.1. The summed E-state index contributed by atoms with van der Waals surface area (Å²) in [6, 6.07) is 3.20. The van der Waals surface area contributed by atoms with Crippen LogP contribution < -0.4 is 5.14 Å². The number of pyridine rings is 1. The van der Waals surface area contributed by atoms with Gasteiger partial charge in [0.2, 0.25) is 5.09 Å². The van der Waals surface area contributed by atoms with Crippen LogP contribution in [0.25, 0.3) is 11.0 Å². The predicted octanol–water partition coefficient (Wildman–Crippen LogP) is 2.14. The highest BCUT2D eigenvalue weighted by atomic mass is 32.2. The van der Waals surface area contributed by atoms with Gasteiger partial charge in [-0.2, -0.15) is 0 Å². The van der Waals surface area contributed by atoms with Crippen molar-refractivity contribution < 1.29 is 12.8 Å². The summed E-state index contributed by atoms with van der Waals surface area (Å²) in [7, 11) is -3.82. The van der Waals surface area contributed by atoms with Crippen LogP contribution >= 0.6 is 0 Å². The topological polar surface area (TPSA) is 89.4 Å². The van der Waals surface area contributed by atoms with Gasteiger partial charge in [0, 0.05) is 42.4 Å². The second-order valence-electron chi connectivity index (χ2n) is 5.42. The minimum atomic E-state index is -3.82. The molecule has 0 aliphatic carbocycles. The van der Waals surface area contributed by atoms with Crippen molar-refractivity contribution >= 4 is 21.0 Å². The summed E-state index contributed by atoms with van der Waals surface area (Å²) in [5.74, 6) is 0. The van der Waals surface area contributed by atoms with Crippen molar-refractivity contribution in [1.29, 1.82) is 0 Å². The van der Waals surface area contributed by atoms with E-state index in [1.54, 1.807) is 12.3 Å². The van der Waals surface area contributed by atoms with Crippen molar-refractivity contribution in [2.24, 2.45) is 5.14 Å². The van der Waals surface area contributed by atoms with Gasteiger partial charge in [-0.25, -0.2) is 13.6 Å². The minimum absolute atomic E-state index is 0.222. The molecular weight excluding hydrogens is 302 g/mol. The van der Waals surface area contributed by atoms with Crippen molar-refractivity contribution in [3.8, 4) is 0 Å². The number of fused-ring (bicyclic) bond motifs is 1. The van der Waals surface area contributed by atoms with Gasteiger partial charge in [-0.3, -0.25) is 4.98 Å². The van der Waals surface area contributed by atoms with Crippen molar-refractivity contribution in [2.75, 3.05) is 19.6 Å². The Morgan fingerprint density at radius 2 is 1.86 bits per heavy atom. The lowest BCUT2D eigenvalue weighted by Gasteiger charge is -2.20. The zero-order chi connectivity index (χ0) is 16.2. The van der Waals surface area contributed by atoms with Gasteiger partial charge in [-0.05, 0) is 25.9 Å². The summed E-state index contributed by atoms with van der Waals surface area (Å²) in [4.78, 5) is 6.78. The number of hydrogen-bond donors (Lipinski definition) is 1. The Morgan fingerprint density at radius 3 is 2.45 bits per heavy atom. The van der Waals surface area contributed by atoms with Gasteiger partial charge in [-0.1, -0.05) is 13.8 Å². The van der Waals surface area contributed by atoms with E-state index in [1.165, 1.54) is 6.07 Å². The van der Waals surface area contributed by atoms with E-state index in [2.05, 4.69) is 23.7 Å². The fourth-order valence-corrected chi connectivity index (χ4v) is 2.96. The fraction of sp³-hybridized carbons (Fsp3) is 0.533. The summed E-state index contributed by atoms with van der Waals surface area (Å²) in [5.41, 5.74) is 1.39. The number of sulfonamides is 1. The Balaban J connectivity index is 2.12. The largest absolute Gasteiger partial charge is 0.443 e. The molecule has 0 atom stereocenters. The van der Waals surface area contributed by atoms with Gasteiger partial charge in [0.15, 0.2) is 0 Å². The molecule has 2 rings (SSSR count). The molecule has 0 unspecified atom stereocenters. The second kappa shape index (κ2) is 7.21. The van der Waals surface area contributed by atoms with Gasteiger partial charge in [0.25, 0.3) is 10.0 Å². The number of primary sulfonamides is 1. The Labute approximate surface area is 131 Å². The maximum Gasteiger partial charge on any atom is 0.271 e. The smallest absolute Gasteiger partial charge is 0.271 e. The van der Waals surface area contributed by atoms with Gasteiger partial charge in [-0.15, -0.1) is 0 Å². The van der Waals surface area contributed by atoms with Crippen LogP contribution in [0.2, 0.25) is 0 Å². The highest BCUT2D eigenvalue weighted by Gasteiger charge is 2.15. The SMILES string of the molecule is CCCN(CCC)CCc1cc2oc(S(N)(=O)=O)cc2cn1. The third-order valence-corrected chi connectivity index (χ3v) is 4.24. The molecule has 2 aromatic heterocycles. The van der Waals surface area contributed by atoms with Crippen molar-refractivity contribution in [3.63, 3.8) is 0 Å². The predicted molar refractivity (Wildman–Crippen MR) is 86.1 cm³/mol. The molecule has 0 saturated carbocycles. The molecule has 0 aliphatic rings. The Morgan fingerprint density at radius 1 is 1.18 bits per heavy atom. The molecule has 122 valence electrons. The molecule has 0 aromatic carbocycles. The van der Waals surface area contributed by atoms with Crippen LogP contribution in [0.15, 0.2) is 27.8 Å². The number of hydrogen-bond acceptors (Lipinski definition) is 5. The average Bonchev–Trinajstić information content (AvgIpc) is 2.88. The molecule has 2 heterocycles. The Kier molecular flexibility index (Phi) is 5.55. The first-order chi connectivity index (χ1) is 10.4. The number of nitrogens with two attached hydrogens (primary N) is 1. The lowest BCUT2D eigenvalue weighted by Crippen LogP contribution is -2.27. The lowest BCUT2D eigenvalue weighted by atomic mass is 10.2. The zero-order valence-corrected chi connectivity index (χ0v) is 13.9. The molecule has 0 saturated heterocycles. The molecular formula is C15H23N3O3S. The molecule has 0 spiro atoms. The normalized spacial score (nSPS) is 12.4. The van der Waals surface area contributed by atoms with E-state index in [0.29, 0.717) is 11.0 Å². The van der Waals surface area contributed by atoms with E-state index in [9.17, 15) is 8.42 Å². The van der Waals surface area contributed by atoms with E-state index < -0.39 is 10.0 Å². The summed E-state index contributed by atoms with van der Waals surface area (Å²) in [6.07, 6.45) is 4.69. The highest BCUT2D eigenvalue weighted by molar-refractivity contribution is 7.89. The molecule has 0 fully saturated rings. The molecule has 0 radical (unpaired) electrons. The van der Waals surface area contributed by atoms with Gasteiger partial charge in [0.05, 0.1) is 0 Å². The van der Waals surface area contributed by atoms with Crippen molar-refractivity contribution in [1.82, 2.24) is 9.88 Å². The van der Waals surface area contributed by atoms with Crippen LogP contribution in [0.5, 0.6) is 0 Å². The first-order valence-corrected chi connectivity index (χ1v) is 9.12. The Bertz CT molecular complexity index is 719. The first kappa shape index (κ1) is 16.9. The van der Waals surface area contributed by atoms with Crippen LogP contribution in [0.4, 0.5) is 0 Å². The van der Waals surface area contributed by atoms with Crippen molar-refractivity contribution in [2.45, 2.75) is 38.2 Å². The summed E-state index contributed by atoms with van der Waals surface area (Å²) in [5, 5.41) is 5.50. The number of furan rings is 1. The lowest BCUT2D eigenvalue weighted by molar-refractivity contribution is 0.277. The third-order valence-electron chi connectivity index (χ3n) is 3.48. The quantitative estimate of drug-likeness (QED) is 0.803. The molecule has 0 amide bonds. The average molecular weight is 325 g/mol. The molecule has 7 heteroatoms. The molecule has 0 aliphatic heterocycles. The maximum atomic E-state index is 11.3. The molecule has 22 heavy (non-hydrogen) atoms.